The molecule has 252 valence electrons. The third kappa shape index (κ3) is 10.1. The van der Waals surface area contributed by atoms with Gasteiger partial charge in [-0.1, -0.05) is 62.3 Å². The van der Waals surface area contributed by atoms with Crippen molar-refractivity contribution >= 4 is 29.5 Å². The van der Waals surface area contributed by atoms with E-state index in [1.807, 2.05) is 37.4 Å². The summed E-state index contributed by atoms with van der Waals surface area (Å²) in [6, 6.07) is 8.90. The third-order valence-corrected chi connectivity index (χ3v) is 11.2. The average Bonchev–Trinajstić information content (AvgIpc) is 2.91. The number of nitrogens with zero attached hydrogens (tertiary/aromatic N) is 1. The van der Waals surface area contributed by atoms with Crippen LogP contribution in [-0.4, -0.2) is 64.6 Å². The van der Waals surface area contributed by atoms with E-state index in [2.05, 4.69) is 91.5 Å². The molecule has 1 fully saturated rings. The first-order valence-electron chi connectivity index (χ1n) is 16.3. The van der Waals surface area contributed by atoms with Crippen molar-refractivity contribution in [3.05, 3.63) is 46.5 Å². The molecule has 45 heavy (non-hydrogen) atoms. The fourth-order valence-corrected chi connectivity index (χ4v) is 8.78. The molecule has 6 nitrogen and oxygen atoms in total. The Bertz CT molecular complexity index is 1280. The topological polar surface area (TPSA) is 79.2 Å². The van der Waals surface area contributed by atoms with Crippen LogP contribution in [0.4, 0.5) is 0 Å². The van der Waals surface area contributed by atoms with Gasteiger partial charge >= 0.3 is 5.97 Å². The number of aryl methyl sites for hydroxylation is 1. The van der Waals surface area contributed by atoms with E-state index in [9.17, 15) is 15.0 Å². The molecule has 0 atom stereocenters. The molecule has 1 saturated heterocycles. The molecule has 0 unspecified atom stereocenters. The lowest BCUT2D eigenvalue weighted by atomic mass is 9.79. The first-order valence-corrected chi connectivity index (χ1v) is 18.0. The van der Waals surface area contributed by atoms with Gasteiger partial charge in [-0.05, 0) is 72.8 Å². The van der Waals surface area contributed by atoms with Crippen LogP contribution in [0.1, 0.15) is 111 Å². The van der Waals surface area contributed by atoms with Crippen molar-refractivity contribution in [3.63, 3.8) is 0 Å². The lowest BCUT2D eigenvalue weighted by Crippen LogP contribution is -2.43. The SMILES string of the molecule is CCOC(=O)CN1CCC(Sc2cc(C)c(O)c(C(C)(C)C)c2)(Sc2cc(C(C)(C)C)c(OCCCO)c(C(C)(C)C)c2)CC1. The Hall–Kier alpha value is -1.87. The molecular formula is C37H57NO5S2. The van der Waals surface area contributed by atoms with Crippen LogP contribution in [0.3, 0.4) is 0 Å². The molecule has 0 saturated carbocycles. The predicted octanol–water partition coefficient (Wildman–Crippen LogP) is 8.59. The number of esters is 1. The standard InChI is InChI=1S/C37H57NO5S2/c1-12-42-31(40)24-38-16-14-37(15-17-38,44-26-20-25(2)32(41)28(21-26)34(3,4)5)45-27-22-29(35(6,7)8)33(43-19-13-18-39)30(23-27)36(9,10)11/h20-23,39,41H,12-19,24H2,1-11H3. The number of carbonyl (C=O) groups is 1. The van der Waals surface area contributed by atoms with Gasteiger partial charge in [0, 0.05) is 52.6 Å². The molecule has 0 aromatic heterocycles. The van der Waals surface area contributed by atoms with Crippen molar-refractivity contribution in [1.82, 2.24) is 4.90 Å². The highest BCUT2D eigenvalue weighted by Crippen LogP contribution is 2.54. The number of aliphatic hydroxyl groups is 1. The molecule has 1 heterocycles. The van der Waals surface area contributed by atoms with Gasteiger partial charge in [0.2, 0.25) is 0 Å². The Kier molecular flexibility index (Phi) is 12.5. The molecule has 2 aromatic carbocycles. The Labute approximate surface area is 281 Å². The molecule has 2 N–H and O–H groups in total. The van der Waals surface area contributed by atoms with Gasteiger partial charge in [-0.3, -0.25) is 9.69 Å². The van der Waals surface area contributed by atoms with E-state index in [1.54, 1.807) is 0 Å². The Morgan fingerprint density at radius 3 is 1.82 bits per heavy atom. The van der Waals surface area contributed by atoms with Gasteiger partial charge < -0.3 is 19.7 Å². The summed E-state index contributed by atoms with van der Waals surface area (Å²) in [6.07, 6.45) is 2.36. The number of aromatic hydroxyl groups is 1. The number of thioether (sulfide) groups is 2. The van der Waals surface area contributed by atoms with Gasteiger partial charge in [-0.15, -0.1) is 23.5 Å². The van der Waals surface area contributed by atoms with Crippen molar-refractivity contribution in [1.29, 1.82) is 0 Å². The van der Waals surface area contributed by atoms with Crippen molar-refractivity contribution in [2.24, 2.45) is 0 Å². The van der Waals surface area contributed by atoms with E-state index in [1.165, 1.54) is 16.0 Å². The molecule has 0 amide bonds. The largest absolute Gasteiger partial charge is 0.507 e. The maximum atomic E-state index is 12.3. The van der Waals surface area contributed by atoms with E-state index in [0.717, 1.165) is 47.7 Å². The van der Waals surface area contributed by atoms with Crippen molar-refractivity contribution < 1.29 is 24.5 Å². The summed E-state index contributed by atoms with van der Waals surface area (Å²) in [7, 11) is 0. The zero-order valence-corrected chi connectivity index (χ0v) is 31.2. The second-order valence-corrected chi connectivity index (χ2v) is 18.5. The summed E-state index contributed by atoms with van der Waals surface area (Å²) in [5, 5.41) is 20.4. The number of benzene rings is 2. The molecule has 0 spiro atoms. The fourth-order valence-electron chi connectivity index (χ4n) is 5.64. The number of hydrogen-bond donors (Lipinski definition) is 2. The quantitative estimate of drug-likeness (QED) is 0.141. The number of ether oxygens (including phenoxy) is 2. The molecule has 2 aromatic rings. The van der Waals surface area contributed by atoms with Gasteiger partial charge in [0.1, 0.15) is 11.5 Å². The van der Waals surface area contributed by atoms with Crippen LogP contribution in [-0.2, 0) is 25.8 Å². The van der Waals surface area contributed by atoms with Gasteiger partial charge in [0.25, 0.3) is 0 Å². The van der Waals surface area contributed by atoms with E-state index in [4.69, 9.17) is 9.47 Å². The van der Waals surface area contributed by atoms with Crippen LogP contribution in [0.5, 0.6) is 11.5 Å². The highest BCUT2D eigenvalue weighted by molar-refractivity contribution is 8.18. The maximum absolute atomic E-state index is 12.3. The molecular weight excluding hydrogens is 603 g/mol. The molecule has 1 aliphatic rings. The van der Waals surface area contributed by atoms with E-state index in [-0.39, 0.29) is 32.9 Å². The number of hydrogen-bond acceptors (Lipinski definition) is 8. The Balaban J connectivity index is 2.11. The minimum absolute atomic E-state index is 0.101. The van der Waals surface area contributed by atoms with Crippen molar-refractivity contribution in [3.8, 4) is 11.5 Å². The van der Waals surface area contributed by atoms with Crippen LogP contribution in [0.15, 0.2) is 34.1 Å². The summed E-state index contributed by atoms with van der Waals surface area (Å²) < 4.78 is 11.5. The monoisotopic (exact) mass is 659 g/mol. The zero-order valence-electron chi connectivity index (χ0n) is 29.6. The molecule has 1 aliphatic heterocycles. The normalized spacial score (nSPS) is 16.1. The van der Waals surface area contributed by atoms with Gasteiger partial charge in [0.05, 0.1) is 23.8 Å². The van der Waals surface area contributed by atoms with Gasteiger partial charge in [-0.2, -0.15) is 0 Å². The minimum atomic E-state index is -0.191. The number of rotatable bonds is 11. The first kappa shape index (κ1) is 37.6. The van der Waals surface area contributed by atoms with Crippen LogP contribution in [0, 0.1) is 6.92 Å². The van der Waals surface area contributed by atoms with Crippen LogP contribution in [0.2, 0.25) is 0 Å². The summed E-state index contributed by atoms with van der Waals surface area (Å²) in [5.74, 6) is 1.14. The molecule has 0 bridgehead atoms. The summed E-state index contributed by atoms with van der Waals surface area (Å²) >= 11 is 3.81. The van der Waals surface area contributed by atoms with E-state index in [0.29, 0.717) is 31.9 Å². The second kappa shape index (κ2) is 14.9. The third-order valence-electron chi connectivity index (χ3n) is 8.19. The number of piperidine rings is 1. The number of phenols is 1. The summed E-state index contributed by atoms with van der Waals surface area (Å²) in [5.41, 5.74) is 3.70. The number of phenolic OH excluding ortho intramolecular Hbond substituents is 1. The van der Waals surface area contributed by atoms with Crippen LogP contribution < -0.4 is 4.74 Å². The molecule has 0 aliphatic carbocycles. The number of carbonyl (C=O) groups excluding carboxylic acids is 1. The minimum Gasteiger partial charge on any atom is -0.507 e. The van der Waals surface area contributed by atoms with E-state index >= 15 is 0 Å². The molecule has 3 rings (SSSR count). The molecule has 8 heteroatoms. The first-order chi connectivity index (χ1) is 20.8. The molecule has 0 radical (unpaired) electrons. The average molecular weight is 660 g/mol. The Morgan fingerprint density at radius 2 is 1.36 bits per heavy atom. The highest BCUT2D eigenvalue weighted by Gasteiger charge is 2.39. The summed E-state index contributed by atoms with van der Waals surface area (Å²) in [4.78, 5) is 16.9. The van der Waals surface area contributed by atoms with Crippen LogP contribution in [0.25, 0.3) is 0 Å². The fraction of sp³-hybridized carbons (Fsp3) is 0.649. The smallest absolute Gasteiger partial charge is 0.320 e. The number of aliphatic hydroxyl groups excluding tert-OH is 1. The number of likely N-dealkylation sites (tertiary alicyclic amines) is 1. The van der Waals surface area contributed by atoms with Gasteiger partial charge in [-0.25, -0.2) is 0 Å². The van der Waals surface area contributed by atoms with Gasteiger partial charge in [0.15, 0.2) is 0 Å². The lowest BCUT2D eigenvalue weighted by molar-refractivity contribution is -0.144. The summed E-state index contributed by atoms with van der Waals surface area (Å²) in [6.45, 7) is 26.5. The van der Waals surface area contributed by atoms with Crippen molar-refractivity contribution in [2.45, 2.75) is 126 Å². The van der Waals surface area contributed by atoms with E-state index < -0.39 is 0 Å². The second-order valence-electron chi connectivity index (χ2n) is 15.4. The predicted molar refractivity (Wildman–Crippen MR) is 189 cm³/mol. The zero-order chi connectivity index (χ0) is 33.8. The lowest BCUT2D eigenvalue weighted by Gasteiger charge is -2.41. The highest BCUT2D eigenvalue weighted by atomic mass is 32.2. The Morgan fingerprint density at radius 1 is 0.867 bits per heavy atom. The van der Waals surface area contributed by atoms with Crippen LogP contribution >= 0.6 is 23.5 Å². The maximum Gasteiger partial charge on any atom is 0.320 e. The van der Waals surface area contributed by atoms with Crippen molar-refractivity contribution in [2.75, 3.05) is 39.5 Å².